The van der Waals surface area contributed by atoms with Gasteiger partial charge in [-0.3, -0.25) is 0 Å². The number of hydrogen-bond donors (Lipinski definition) is 0. The number of hydrogen-bond acceptors (Lipinski definition) is 0. The molecule has 2 atom stereocenters. The van der Waals surface area contributed by atoms with Crippen LogP contribution in [-0.4, -0.2) is 43.1 Å². The summed E-state index contributed by atoms with van der Waals surface area (Å²) in [6.07, 6.45) is 20.9. The Morgan fingerprint density at radius 2 is 1.04 bits per heavy atom. The topological polar surface area (TPSA) is 0 Å². The van der Waals surface area contributed by atoms with Crippen molar-refractivity contribution in [2.24, 2.45) is 0 Å². The second-order valence-corrected chi connectivity index (χ2v) is 12.6. The molecule has 2 aliphatic rings. The van der Waals surface area contributed by atoms with E-state index < -0.39 is 7.81 Å². The fourth-order valence-electron chi connectivity index (χ4n) is 1.65. The molecule has 11 heteroatoms. The van der Waals surface area contributed by atoms with Crippen LogP contribution in [-0.2, 0) is 17.1 Å². The molecular weight excluding hydrogens is 450 g/mol. The van der Waals surface area contributed by atoms with Crippen molar-refractivity contribution in [2.45, 2.75) is 6.92 Å². The van der Waals surface area contributed by atoms with Crippen molar-refractivity contribution in [3.8, 4) is 0 Å². The molecule has 0 aromatic rings. The third-order valence-corrected chi connectivity index (χ3v) is 9.05. The molecule has 2 fully saturated rings. The van der Waals surface area contributed by atoms with Gasteiger partial charge in [-0.05, 0) is 75.2 Å². The van der Waals surface area contributed by atoms with E-state index in [9.17, 15) is 25.2 Å². The van der Waals surface area contributed by atoms with Crippen molar-refractivity contribution in [2.75, 3.05) is 43.1 Å². The normalized spacial score (nSPS) is 26.9. The van der Waals surface area contributed by atoms with Crippen LogP contribution < -0.4 is 0 Å². The van der Waals surface area contributed by atoms with Crippen molar-refractivity contribution < 1.29 is 42.3 Å². The maximum atomic E-state index is 9.87. The van der Waals surface area contributed by atoms with E-state index >= 15 is 0 Å². The minimum atomic E-state index is -10.7. The van der Waals surface area contributed by atoms with E-state index in [4.69, 9.17) is 0 Å². The first-order valence-electron chi connectivity index (χ1n) is 7.25. The monoisotopic (exact) mass is 474 g/mol. The van der Waals surface area contributed by atoms with Crippen molar-refractivity contribution in [1.82, 2.24) is 0 Å². The Hall–Kier alpha value is 1.82. The zero-order valence-electron chi connectivity index (χ0n) is 13.4. The Morgan fingerprint density at radius 3 is 1.29 bits per heavy atom. The number of rotatable bonds is 1. The van der Waals surface area contributed by atoms with Gasteiger partial charge in [0.15, 0.2) is 0 Å². The molecule has 0 nitrogen and oxygen atoms in total. The van der Waals surface area contributed by atoms with Crippen molar-refractivity contribution in [3.05, 3.63) is 32.1 Å². The Kier molecular flexibility index (Phi) is 14.4. The van der Waals surface area contributed by atoms with Crippen LogP contribution in [0.3, 0.4) is 0 Å². The van der Waals surface area contributed by atoms with Gasteiger partial charge in [-0.15, -0.1) is 25.1 Å². The van der Waals surface area contributed by atoms with Gasteiger partial charge in [-0.2, -0.15) is 0 Å². The molecule has 2 rings (SSSR count). The molecule has 1 saturated carbocycles. The summed E-state index contributed by atoms with van der Waals surface area (Å²) in [4.78, 5) is 0. The van der Waals surface area contributed by atoms with Gasteiger partial charge in [0.2, 0.25) is 0 Å². The molecule has 0 aromatic carbocycles. The van der Waals surface area contributed by atoms with Crippen LogP contribution in [0.1, 0.15) is 6.92 Å². The number of halogens is 6. The molecule has 1 aliphatic carbocycles. The van der Waals surface area contributed by atoms with E-state index in [1.54, 1.807) is 37.0 Å². The van der Waals surface area contributed by atoms with Gasteiger partial charge in [0, 0.05) is 0 Å². The molecule has 0 aromatic heterocycles. The van der Waals surface area contributed by atoms with E-state index in [-0.39, 0.29) is 17.1 Å². The summed E-state index contributed by atoms with van der Waals surface area (Å²) >= 11 is 0. The smallest absolute Gasteiger partial charge is 0.0312 e. The Morgan fingerprint density at radius 1 is 0.750 bits per heavy atom. The molecule has 0 bridgehead atoms. The van der Waals surface area contributed by atoms with Crippen LogP contribution in [0.5, 0.6) is 0 Å². The maximum absolute atomic E-state index is 10.7. The van der Waals surface area contributed by atoms with Gasteiger partial charge in [0.05, 0.1) is 0 Å². The Bertz CT molecular complexity index is 278. The van der Waals surface area contributed by atoms with E-state index in [0.717, 1.165) is 0 Å². The molecule has 5 radical (unpaired) electrons. The Labute approximate surface area is 157 Å². The summed E-state index contributed by atoms with van der Waals surface area (Å²) in [6.45, 7) is 2.38. The van der Waals surface area contributed by atoms with Crippen LogP contribution >= 0.6 is 32.9 Å². The summed E-state index contributed by atoms with van der Waals surface area (Å²) in [7, 11) is -7.58. The fraction of sp³-hybridized carbons (Fsp3) is 0.615. The van der Waals surface area contributed by atoms with Crippen LogP contribution in [0.15, 0.2) is 0 Å². The van der Waals surface area contributed by atoms with Crippen LogP contribution in [0.25, 0.3) is 0 Å². The molecule has 145 valence electrons. The summed E-state index contributed by atoms with van der Waals surface area (Å²) < 4.78 is 59.2. The zero-order chi connectivity index (χ0) is 17.9. The van der Waals surface area contributed by atoms with Gasteiger partial charge in [0.1, 0.15) is 0 Å². The van der Waals surface area contributed by atoms with E-state index in [1.807, 2.05) is 32.1 Å². The predicted octanol–water partition coefficient (Wildman–Crippen LogP) is 7.26. The second kappa shape index (κ2) is 12.3. The standard InChI is InChI=1S/C8H19P3.C5H5.F6P.Fe/c1-2-11-7-5-9-3-4-10-6-8-11;1-2-4-5-3-1;1-7(2,3,4,5)6;/h9-10H,2-8H2,1H3;1-5H;;/q;;-1;+2. The Balaban J connectivity index is 0. The molecule has 1 saturated heterocycles. The summed E-state index contributed by atoms with van der Waals surface area (Å²) in [6, 6.07) is 0. The van der Waals surface area contributed by atoms with Gasteiger partial charge >= 0.3 is 50.1 Å². The van der Waals surface area contributed by atoms with Crippen LogP contribution in [0, 0.1) is 32.1 Å². The molecule has 1 heterocycles. The molecule has 0 amide bonds. The minimum absolute atomic E-state index is 0. The molecule has 0 spiro atoms. The average Bonchev–Trinajstić information content (AvgIpc) is 2.97. The molecule has 24 heavy (non-hydrogen) atoms. The molecule has 2 unspecified atom stereocenters. The molecule has 1 aliphatic heterocycles. The third kappa shape index (κ3) is 31.6. The summed E-state index contributed by atoms with van der Waals surface area (Å²) in [5.74, 6) is 0. The largest absolute Gasteiger partial charge is 2.00 e. The predicted molar refractivity (Wildman–Crippen MR) is 98.4 cm³/mol. The van der Waals surface area contributed by atoms with Crippen molar-refractivity contribution in [1.29, 1.82) is 0 Å². The van der Waals surface area contributed by atoms with Crippen molar-refractivity contribution in [3.63, 3.8) is 0 Å². The first kappa shape index (κ1) is 28.0. The van der Waals surface area contributed by atoms with E-state index in [0.29, 0.717) is 7.92 Å². The fourth-order valence-corrected chi connectivity index (χ4v) is 8.21. The van der Waals surface area contributed by atoms with Gasteiger partial charge in [-0.25, -0.2) is 0 Å². The molecule has 0 N–H and O–H groups in total. The average molecular weight is 474 g/mol. The quantitative estimate of drug-likeness (QED) is 0.213. The van der Waals surface area contributed by atoms with Crippen LogP contribution in [0.4, 0.5) is 25.2 Å². The zero-order valence-corrected chi connectivity index (χ0v) is 18.2. The first-order valence-corrected chi connectivity index (χ1v) is 14.0. The summed E-state index contributed by atoms with van der Waals surface area (Å²) in [5.41, 5.74) is 0. The van der Waals surface area contributed by atoms with Gasteiger partial charge in [-0.1, -0.05) is 6.92 Å². The van der Waals surface area contributed by atoms with Crippen molar-refractivity contribution >= 4 is 32.9 Å². The maximum Gasteiger partial charge on any atom is 2.00 e. The second-order valence-electron chi connectivity index (χ2n) is 4.85. The third-order valence-electron chi connectivity index (χ3n) is 2.69. The molecular formula is C13H24F6FeP4+. The van der Waals surface area contributed by atoms with Gasteiger partial charge in [0.25, 0.3) is 0 Å². The van der Waals surface area contributed by atoms with E-state index in [1.165, 1.54) is 23.3 Å². The SMILES string of the molecule is CCP1CCPCCPCC1.F[P-](F)(F)(F)(F)F.[CH]1[CH][CH][CH][CH]1.[Fe+2]. The van der Waals surface area contributed by atoms with Gasteiger partial charge < -0.3 is 0 Å². The van der Waals surface area contributed by atoms with E-state index in [2.05, 4.69) is 6.92 Å². The summed E-state index contributed by atoms with van der Waals surface area (Å²) in [5, 5.41) is 0. The minimum Gasteiger partial charge on any atom is -0.0312 e. The first-order chi connectivity index (χ1) is 10.4. The van der Waals surface area contributed by atoms with Crippen LogP contribution in [0.2, 0.25) is 0 Å².